The van der Waals surface area contributed by atoms with Gasteiger partial charge in [-0.25, -0.2) is 0 Å². The van der Waals surface area contributed by atoms with Crippen LogP contribution >= 0.6 is 0 Å². The maximum Gasteiger partial charge on any atom is 2.00 e. The maximum absolute atomic E-state index is 8.52. The molecule has 26 heavy (non-hydrogen) atoms. The Kier molecular flexibility index (Phi) is 38.5. The van der Waals surface area contributed by atoms with Crippen LogP contribution < -0.4 is 21.3 Å². The van der Waals surface area contributed by atoms with Crippen LogP contribution in [0.2, 0.25) is 0 Å². The van der Waals surface area contributed by atoms with Crippen LogP contribution in [0.1, 0.15) is 0 Å². The van der Waals surface area contributed by atoms with E-state index in [1.54, 1.807) is 0 Å². The molecule has 0 fully saturated rings. The minimum Gasteiger partial charge on any atom is -0.759 e. The molecule has 164 valence electrons. The summed E-state index contributed by atoms with van der Waals surface area (Å²) in [4.78, 5) is 0. The van der Waals surface area contributed by atoms with Gasteiger partial charge in [0, 0.05) is 49.7 Å². The van der Waals surface area contributed by atoms with Crippen molar-refractivity contribution in [3.63, 3.8) is 0 Å². The monoisotopic (exact) mass is 452 g/mol. The number of hydrogen-bond acceptors (Lipinski definition) is 10. The number of hydrogen-bond donors (Lipinski definition) is 6. The van der Waals surface area contributed by atoms with Gasteiger partial charge in [0.25, 0.3) is 0 Å². The summed E-state index contributed by atoms with van der Waals surface area (Å²) in [6.45, 7) is 7.53. The summed E-state index contributed by atoms with van der Waals surface area (Å²) in [6.07, 6.45) is 0. The van der Waals surface area contributed by atoms with Crippen molar-refractivity contribution in [2.45, 2.75) is 0 Å². The quantitative estimate of drug-likeness (QED) is 0.0482. The van der Waals surface area contributed by atoms with Crippen molar-refractivity contribution in [1.29, 1.82) is 0 Å². The molecule has 0 aliphatic carbocycles. The van der Waals surface area contributed by atoms with Gasteiger partial charge in [-0.2, -0.15) is 0 Å². The zero-order valence-electron chi connectivity index (χ0n) is 14.7. The molecule has 0 aromatic rings. The van der Waals surface area contributed by atoms with Crippen LogP contribution in [0.15, 0.2) is 0 Å². The molecule has 0 rings (SSSR count). The molecule has 0 aromatic carbocycles. The van der Waals surface area contributed by atoms with E-state index in [1.165, 1.54) is 0 Å². The predicted molar refractivity (Wildman–Crippen MR) is 93.1 cm³/mol. The van der Waals surface area contributed by atoms with E-state index in [4.69, 9.17) is 37.9 Å². The minimum atomic E-state index is -5.17. The molecule has 0 heterocycles. The summed E-state index contributed by atoms with van der Waals surface area (Å²) in [5.74, 6) is 0. The van der Waals surface area contributed by atoms with Gasteiger partial charge in [0.05, 0.1) is 26.3 Å². The average molecular weight is 453 g/mol. The van der Waals surface area contributed by atoms with Crippen molar-refractivity contribution in [2.75, 3.05) is 78.8 Å². The molecule has 0 saturated heterocycles. The Morgan fingerprint density at radius 2 is 0.885 bits per heavy atom. The molecule has 0 amide bonds. The fourth-order valence-electron chi connectivity index (χ4n) is 1.19. The first-order valence-corrected chi connectivity index (χ1v) is 9.17. The smallest absolute Gasteiger partial charge is 0.759 e. The molecule has 12 nitrogen and oxygen atoms in total. The van der Waals surface area contributed by atoms with E-state index in [0.29, 0.717) is 26.3 Å². The maximum atomic E-state index is 8.52. The molecule has 0 atom stereocenters. The summed E-state index contributed by atoms with van der Waals surface area (Å²) in [7, 11) is -5.17. The van der Waals surface area contributed by atoms with Gasteiger partial charge in [-0.3, -0.25) is 8.42 Å². The molecule has 0 radical (unpaired) electrons. The fourth-order valence-corrected chi connectivity index (χ4v) is 1.19. The largest absolute Gasteiger partial charge is 2.00 e. The van der Waals surface area contributed by atoms with Crippen molar-refractivity contribution < 1.29 is 54.4 Å². The topological polar surface area (TPSA) is 215 Å². The SMILES string of the molecule is O=S(=O)([O-])[O-].OCCNCCNCC[OH2+].OCCNCCNCC[OH2+].[Ni+2]. The van der Waals surface area contributed by atoms with E-state index in [-0.39, 0.29) is 29.7 Å². The van der Waals surface area contributed by atoms with Crippen LogP contribution in [0, 0.1) is 0 Å². The van der Waals surface area contributed by atoms with E-state index in [2.05, 4.69) is 21.3 Å². The molecule has 0 bridgehead atoms. The second-order valence-corrected chi connectivity index (χ2v) is 5.17. The third-order valence-electron chi connectivity index (χ3n) is 2.14. The van der Waals surface area contributed by atoms with Gasteiger partial charge in [-0.1, -0.05) is 0 Å². The molecule has 0 aliphatic heterocycles. The fraction of sp³-hybridized carbons (Fsp3) is 1.00. The molecule has 0 saturated carbocycles. The molecular weight excluding hydrogens is 419 g/mol. The summed E-state index contributed by atoms with van der Waals surface area (Å²) in [5, 5.41) is 42.5. The zero-order chi connectivity index (χ0) is 19.8. The van der Waals surface area contributed by atoms with E-state index in [1.807, 2.05) is 0 Å². The first-order valence-electron chi connectivity index (χ1n) is 7.83. The minimum absolute atomic E-state index is 0. The number of rotatable bonds is 14. The van der Waals surface area contributed by atoms with Gasteiger partial charge < -0.3 is 50.8 Å². The van der Waals surface area contributed by atoms with Gasteiger partial charge in [0.2, 0.25) is 0 Å². The van der Waals surface area contributed by atoms with Crippen LogP contribution in [-0.2, 0) is 26.9 Å². The Labute approximate surface area is 165 Å². The number of aliphatic hydroxyl groups is 2. The summed E-state index contributed by atoms with van der Waals surface area (Å²) < 4.78 is 34.1. The number of aliphatic hydroxyl groups excluding tert-OH is 2. The Balaban J connectivity index is -0.000000145. The molecule has 0 aliphatic rings. The second-order valence-electron chi connectivity index (χ2n) is 4.36. The van der Waals surface area contributed by atoms with Crippen LogP contribution in [0.3, 0.4) is 0 Å². The van der Waals surface area contributed by atoms with E-state index in [9.17, 15) is 0 Å². The van der Waals surface area contributed by atoms with E-state index < -0.39 is 10.4 Å². The van der Waals surface area contributed by atoms with Gasteiger partial charge in [0.1, 0.15) is 0 Å². The first-order chi connectivity index (χ1) is 11.8. The van der Waals surface area contributed by atoms with Crippen LogP contribution in [0.4, 0.5) is 0 Å². The van der Waals surface area contributed by atoms with Gasteiger partial charge >= 0.3 is 16.5 Å². The van der Waals surface area contributed by atoms with Crippen molar-refractivity contribution in [2.24, 2.45) is 0 Å². The second kappa shape index (κ2) is 29.8. The summed E-state index contributed by atoms with van der Waals surface area (Å²) >= 11 is 0. The van der Waals surface area contributed by atoms with Gasteiger partial charge in [-0.05, 0) is 0 Å². The van der Waals surface area contributed by atoms with Crippen molar-refractivity contribution in [1.82, 2.24) is 21.3 Å². The summed E-state index contributed by atoms with van der Waals surface area (Å²) in [5.41, 5.74) is 0. The number of nitrogens with one attached hydrogen (secondary N) is 4. The van der Waals surface area contributed by atoms with Crippen molar-refractivity contribution >= 4 is 10.4 Å². The molecule has 0 aromatic heterocycles. The Hall–Kier alpha value is 0.0435. The predicted octanol–water partition coefficient (Wildman–Crippen LogP) is -5.58. The van der Waals surface area contributed by atoms with Gasteiger partial charge in [0.15, 0.2) is 13.2 Å². The molecule has 10 N–H and O–H groups in total. The van der Waals surface area contributed by atoms with Crippen LogP contribution in [-0.4, -0.2) is 117 Å². The van der Waals surface area contributed by atoms with Crippen molar-refractivity contribution in [3.05, 3.63) is 0 Å². The molecular formula is C12H34N4NiO8S+2. The molecule has 0 spiro atoms. The van der Waals surface area contributed by atoms with Crippen molar-refractivity contribution in [3.8, 4) is 0 Å². The first kappa shape index (κ1) is 33.6. The van der Waals surface area contributed by atoms with Crippen LogP contribution in [0.5, 0.6) is 0 Å². The Morgan fingerprint density at radius 1 is 0.654 bits per heavy atom. The van der Waals surface area contributed by atoms with Crippen LogP contribution in [0.25, 0.3) is 0 Å². The zero-order valence-corrected chi connectivity index (χ0v) is 16.5. The molecule has 14 heteroatoms. The Bertz CT molecular complexity index is 288. The average Bonchev–Trinajstić information content (AvgIpc) is 2.53. The normalized spacial score (nSPS) is 10.1. The third kappa shape index (κ3) is 64.7. The standard InChI is InChI=1S/2C6H16N2O2.Ni.H2O4S/c2*9-5-3-7-1-2-8-4-6-10;;1-5(2,3)4/h2*7-10H,1-6H2;;(H2,1,2,3,4)/q;;+2;. The summed E-state index contributed by atoms with van der Waals surface area (Å²) in [6, 6.07) is 0. The van der Waals surface area contributed by atoms with E-state index >= 15 is 0 Å². The third-order valence-corrected chi connectivity index (χ3v) is 2.14. The molecule has 0 unspecified atom stereocenters. The van der Waals surface area contributed by atoms with E-state index in [0.717, 1.165) is 39.3 Å². The Morgan fingerprint density at radius 3 is 1.08 bits per heavy atom. The van der Waals surface area contributed by atoms with Gasteiger partial charge in [-0.15, -0.1) is 0 Å².